The molecule has 2 fully saturated rings. The van der Waals surface area contributed by atoms with Crippen molar-refractivity contribution in [2.45, 2.75) is 149 Å². The maximum atomic E-state index is 13.0. The Morgan fingerprint density at radius 2 is 1.17 bits per heavy atom. The zero-order valence-electron chi connectivity index (χ0n) is 27.8. The third kappa shape index (κ3) is 15.0. The van der Waals surface area contributed by atoms with E-state index >= 15 is 0 Å². The molecular weight excluding hydrogens is 709 g/mol. The van der Waals surface area contributed by atoms with Crippen molar-refractivity contribution in [3.63, 3.8) is 0 Å². The topological polar surface area (TPSA) is 71.1 Å². The fourth-order valence-electron chi connectivity index (χ4n) is 5.29. The minimum absolute atomic E-state index is 0.138. The Morgan fingerprint density at radius 1 is 0.732 bits per heavy atom. The van der Waals surface area contributed by atoms with E-state index in [1.54, 1.807) is 12.2 Å². The van der Waals surface area contributed by atoms with Gasteiger partial charge in [0.05, 0.1) is 13.2 Å². The maximum Gasteiger partial charge on any atom is 0.0822 e. The molecule has 0 aromatic rings. The minimum Gasteiger partial charge on any atom is -0.237 e. The van der Waals surface area contributed by atoms with Gasteiger partial charge in [-0.05, 0) is 12.8 Å². The molecule has 0 unspecified atom stereocenters. The van der Waals surface area contributed by atoms with Gasteiger partial charge in [0.2, 0.25) is 0 Å². The van der Waals surface area contributed by atoms with Crippen molar-refractivity contribution in [3.8, 4) is 0 Å². The second-order valence-electron chi connectivity index (χ2n) is 12.8. The predicted molar refractivity (Wildman–Crippen MR) is 169 cm³/mol. The molecule has 6 nitrogen and oxygen atoms in total. The molecule has 236 valence electrons. The number of hydrogen-bond acceptors (Lipinski definition) is 6. The predicted octanol–water partition coefficient (Wildman–Crippen LogP) is 9.59. The summed E-state index contributed by atoms with van der Waals surface area (Å²) in [7, 11) is 0. The van der Waals surface area contributed by atoms with Crippen LogP contribution in [0.25, 0.3) is 0 Å². The molecule has 2 aliphatic rings. The molecule has 0 bridgehead atoms. The van der Waals surface area contributed by atoms with Crippen LogP contribution in [-0.4, -0.2) is 48.4 Å². The van der Waals surface area contributed by atoms with E-state index in [0.717, 1.165) is 102 Å². The molecule has 0 N–H and O–H groups in total. The first-order chi connectivity index (χ1) is 19.5. The first-order valence-corrected chi connectivity index (χ1v) is 24.8. The molecule has 0 amide bonds. The van der Waals surface area contributed by atoms with Crippen LogP contribution in [0, 0.1) is 16.7 Å². The number of carbonyl (C=O) groups is 2. The summed E-state index contributed by atoms with van der Waals surface area (Å²) in [5.41, 5.74) is -0.493. The number of hydrogen-bond donors (Lipinski definition) is 0. The van der Waals surface area contributed by atoms with E-state index < -0.39 is 23.6 Å². The number of unbranched alkanes of at least 4 members (excludes halogenated alkanes) is 2. The Kier molecular flexibility index (Phi) is 19.7. The molecule has 0 aromatic carbocycles. The van der Waals surface area contributed by atoms with Crippen LogP contribution < -0.4 is 0 Å². The van der Waals surface area contributed by atoms with Gasteiger partial charge in [-0.25, -0.2) is 9.78 Å². The van der Waals surface area contributed by atoms with Crippen molar-refractivity contribution in [2.24, 2.45) is 16.7 Å². The van der Waals surface area contributed by atoms with Crippen LogP contribution in [0.15, 0.2) is 23.7 Å². The maximum absolute atomic E-state index is 13.0. The molecule has 0 saturated heterocycles. The summed E-state index contributed by atoms with van der Waals surface area (Å²) in [6, 6.07) is 0. The Bertz CT molecular complexity index is 798. The third-order valence-corrected chi connectivity index (χ3v) is 13.3. The van der Waals surface area contributed by atoms with E-state index in [1.807, 2.05) is 6.92 Å². The van der Waals surface area contributed by atoms with Gasteiger partial charge in [0.1, 0.15) is 0 Å². The van der Waals surface area contributed by atoms with Gasteiger partial charge in [0, 0.05) is 0 Å². The van der Waals surface area contributed by atoms with Gasteiger partial charge in [-0.2, -0.15) is 0 Å². The second-order valence-corrected chi connectivity index (χ2v) is 19.0. The largest absolute Gasteiger partial charge is 0.237 e. The van der Waals surface area contributed by atoms with E-state index in [1.165, 1.54) is 12.8 Å². The number of allylic oxidation sites excluding steroid dienone is 4. The fourth-order valence-corrected chi connectivity index (χ4v) is 10.9. The molecule has 7 heteroatoms. The van der Waals surface area contributed by atoms with Crippen molar-refractivity contribution in [1.82, 2.24) is 0 Å². The van der Waals surface area contributed by atoms with E-state index in [-0.39, 0.29) is 28.3 Å². The summed E-state index contributed by atoms with van der Waals surface area (Å²) < 4.78 is 14.6. The molecule has 0 spiro atoms. The van der Waals surface area contributed by atoms with Crippen molar-refractivity contribution >= 4 is 35.2 Å². The van der Waals surface area contributed by atoms with Crippen molar-refractivity contribution in [2.75, 3.05) is 13.2 Å². The minimum atomic E-state index is -2.99. The SMILES string of the molecule is CC/C(=C/C(=O)C1(C)CCCCC1)[O][Tl]([CH3])[O]/C(=C\C(=O)C1(C)CCCCC1)C(C)C.CCCCOOCCCC. The van der Waals surface area contributed by atoms with Crippen LogP contribution in [0.3, 0.4) is 0 Å². The van der Waals surface area contributed by atoms with Crippen molar-refractivity contribution < 1.29 is 24.7 Å². The molecule has 41 heavy (non-hydrogen) atoms. The van der Waals surface area contributed by atoms with Gasteiger partial charge in [0.25, 0.3) is 0 Å². The number of rotatable bonds is 17. The zero-order chi connectivity index (χ0) is 30.7. The van der Waals surface area contributed by atoms with E-state index in [9.17, 15) is 9.59 Å². The van der Waals surface area contributed by atoms with Crippen LogP contribution in [0.5, 0.6) is 0 Å². The Morgan fingerprint density at radius 3 is 1.56 bits per heavy atom. The summed E-state index contributed by atoms with van der Waals surface area (Å²) in [6.07, 6.45) is 19.5. The molecule has 0 atom stereocenters. The van der Waals surface area contributed by atoms with Gasteiger partial charge in [-0.3, -0.25) is 0 Å². The van der Waals surface area contributed by atoms with Crippen LogP contribution >= 0.6 is 0 Å². The van der Waals surface area contributed by atoms with Crippen LogP contribution in [-0.2, 0) is 24.7 Å². The van der Waals surface area contributed by atoms with Gasteiger partial charge in [-0.15, -0.1) is 0 Å². The van der Waals surface area contributed by atoms with Gasteiger partial charge < -0.3 is 0 Å². The Balaban J connectivity index is 0.000000716. The molecular formula is C34H61O6Tl. The number of carbonyl (C=O) groups excluding carboxylic acids is 2. The molecule has 2 rings (SSSR count). The smallest absolute Gasteiger partial charge is 0.0822 e. The van der Waals surface area contributed by atoms with Gasteiger partial charge in [0.15, 0.2) is 0 Å². The normalized spacial score (nSPS) is 18.8. The summed E-state index contributed by atoms with van der Waals surface area (Å²) >= 11 is -2.99. The molecule has 0 aliphatic heterocycles. The summed E-state index contributed by atoms with van der Waals surface area (Å²) in [6.45, 7) is 16.1. The molecule has 0 aromatic heterocycles. The van der Waals surface area contributed by atoms with Gasteiger partial charge in [-0.1, -0.05) is 26.7 Å². The number of ketones is 2. The summed E-state index contributed by atoms with van der Waals surface area (Å²) in [5.74, 6) is 2.04. The van der Waals surface area contributed by atoms with E-state index in [0.29, 0.717) is 6.42 Å². The fraction of sp³-hybridized carbons (Fsp3) is 0.824. The monoisotopic (exact) mass is 770 g/mol. The van der Waals surface area contributed by atoms with Crippen molar-refractivity contribution in [1.29, 1.82) is 0 Å². The van der Waals surface area contributed by atoms with E-state index in [4.69, 9.17) is 15.1 Å². The standard InChI is InChI=1S/C13H22O2.C12H20O2.C8H18O2.CH3.Tl/c1-10(2)11(14)9-12(15)13(3)7-5-4-6-8-13;1-3-10(13)9-11(14)12(2)7-5-4-6-8-12;1-3-5-7-9-10-8-6-4-2;;/h9-10,14H,4-8H2,1-3H3;9,13H,3-8H2,1-2H3;3-8H2,1-2H3;1H3;/q;;;;+2/p-2/b11-9-;10-9-;;;. The first-order valence-electron chi connectivity index (χ1n) is 16.6. The van der Waals surface area contributed by atoms with Crippen LogP contribution in [0.1, 0.15) is 145 Å². The quantitative estimate of drug-likeness (QED) is 0.0367. The molecule has 0 heterocycles. The Labute approximate surface area is 261 Å². The second kappa shape index (κ2) is 21.0. The average molecular weight is 770 g/mol. The summed E-state index contributed by atoms with van der Waals surface area (Å²) in [4.78, 5) is 35.7. The van der Waals surface area contributed by atoms with Crippen molar-refractivity contribution in [3.05, 3.63) is 23.7 Å². The first kappa shape index (κ1) is 38.3. The van der Waals surface area contributed by atoms with Gasteiger partial charge >= 0.3 is 200 Å². The van der Waals surface area contributed by atoms with E-state index in [2.05, 4.69) is 46.0 Å². The average Bonchev–Trinajstić information content (AvgIpc) is 2.95. The summed E-state index contributed by atoms with van der Waals surface area (Å²) in [5, 5.41) is 0. The zero-order valence-corrected chi connectivity index (χ0v) is 32.3. The van der Waals surface area contributed by atoms with Crippen LogP contribution in [0.4, 0.5) is 0 Å². The molecule has 0 radical (unpaired) electrons. The molecule has 2 aliphatic carbocycles. The Hall–Kier alpha value is -0.738. The van der Waals surface area contributed by atoms with Crippen LogP contribution in [0.2, 0.25) is 4.48 Å². The molecule has 2 saturated carbocycles. The third-order valence-electron chi connectivity index (χ3n) is 8.45.